The van der Waals surface area contributed by atoms with Gasteiger partial charge in [-0.2, -0.15) is 0 Å². The number of halogens is 1. The van der Waals surface area contributed by atoms with Crippen LogP contribution in [0.1, 0.15) is 33.3 Å². The molecule has 4 nitrogen and oxygen atoms in total. The molecule has 4 rings (SSSR count). The largest absolute Gasteiger partial charge is 0.358 e. The molecule has 1 aliphatic rings. The number of benzene rings is 1. The molecule has 0 saturated heterocycles. The first kappa shape index (κ1) is 16.8. The van der Waals surface area contributed by atoms with E-state index >= 15 is 0 Å². The highest BCUT2D eigenvalue weighted by Gasteiger charge is 2.24. The van der Waals surface area contributed by atoms with Gasteiger partial charge in [-0.3, -0.25) is 4.79 Å². The third-order valence-corrected chi connectivity index (χ3v) is 6.26. The molecule has 1 aromatic carbocycles. The Morgan fingerprint density at radius 3 is 3.04 bits per heavy atom. The second-order valence-electron chi connectivity index (χ2n) is 6.69. The number of aryl methyl sites for hydroxylation is 3. The highest BCUT2D eigenvalue weighted by molar-refractivity contribution is 9.10. The summed E-state index contributed by atoms with van der Waals surface area (Å²) >= 11 is 5.21. The smallest absolute Gasteiger partial charge is 0.226 e. The van der Waals surface area contributed by atoms with E-state index in [2.05, 4.69) is 49.4 Å². The Labute approximate surface area is 159 Å². The van der Waals surface area contributed by atoms with Crippen molar-refractivity contribution in [1.29, 1.82) is 0 Å². The molecule has 3 aromatic rings. The molecule has 0 spiro atoms. The number of rotatable bonds is 3. The molecule has 25 heavy (non-hydrogen) atoms. The Kier molecular flexibility index (Phi) is 4.41. The number of nitrogens with zero attached hydrogens (tertiary/aromatic N) is 1. The first-order chi connectivity index (χ1) is 12.0. The summed E-state index contributed by atoms with van der Waals surface area (Å²) in [6, 6.07) is 6.52. The van der Waals surface area contributed by atoms with E-state index in [1.54, 1.807) is 11.3 Å². The number of thiazole rings is 1. The molecule has 0 fully saturated rings. The quantitative estimate of drug-likeness (QED) is 0.669. The fraction of sp³-hybridized carbons (Fsp3) is 0.368. The van der Waals surface area contributed by atoms with Gasteiger partial charge in [-0.1, -0.05) is 15.9 Å². The van der Waals surface area contributed by atoms with Crippen molar-refractivity contribution in [3.8, 4) is 0 Å². The van der Waals surface area contributed by atoms with Crippen molar-refractivity contribution in [1.82, 2.24) is 15.3 Å². The van der Waals surface area contributed by atoms with E-state index < -0.39 is 0 Å². The summed E-state index contributed by atoms with van der Waals surface area (Å²) in [5, 5.41) is 5.49. The molecule has 1 aliphatic carbocycles. The maximum Gasteiger partial charge on any atom is 0.226 e. The van der Waals surface area contributed by atoms with Gasteiger partial charge in [0.05, 0.1) is 17.1 Å². The van der Waals surface area contributed by atoms with Crippen LogP contribution in [0.15, 0.2) is 22.7 Å². The molecular weight excluding hydrogens is 398 g/mol. The molecule has 130 valence electrons. The summed E-state index contributed by atoms with van der Waals surface area (Å²) in [6.07, 6.45) is 3.20. The van der Waals surface area contributed by atoms with E-state index in [1.165, 1.54) is 22.2 Å². The number of hydrogen-bond acceptors (Lipinski definition) is 3. The monoisotopic (exact) mass is 417 g/mol. The van der Waals surface area contributed by atoms with Crippen molar-refractivity contribution in [2.75, 3.05) is 0 Å². The van der Waals surface area contributed by atoms with Crippen molar-refractivity contribution in [3.05, 3.63) is 49.5 Å². The molecule has 0 saturated carbocycles. The van der Waals surface area contributed by atoms with E-state index in [4.69, 9.17) is 0 Å². The average molecular weight is 418 g/mol. The number of hydrogen-bond donors (Lipinski definition) is 2. The number of fused-ring (bicyclic) bond motifs is 3. The SMILES string of the molecule is Cc1nc(CC(=O)NC2CCc3[nH]c4ccc(Br)cc4c3C2)c(C)s1. The standard InChI is InChI=1S/C19H20BrN3OS/c1-10-18(21-11(2)25-10)9-19(24)22-13-4-6-17-15(8-13)14-7-12(20)3-5-16(14)23-17/h3,5,7,13,23H,4,6,8-9H2,1-2H3,(H,22,24). The van der Waals surface area contributed by atoms with Crippen LogP contribution in [0, 0.1) is 13.8 Å². The van der Waals surface area contributed by atoms with Gasteiger partial charge in [-0.05, 0) is 56.9 Å². The highest BCUT2D eigenvalue weighted by atomic mass is 79.9. The predicted octanol–water partition coefficient (Wildman–Crippen LogP) is 4.22. The summed E-state index contributed by atoms with van der Waals surface area (Å²) in [5.74, 6) is 0.0721. The third kappa shape index (κ3) is 3.37. The van der Waals surface area contributed by atoms with Gasteiger partial charge in [0.1, 0.15) is 0 Å². The van der Waals surface area contributed by atoms with Crippen LogP contribution in [-0.2, 0) is 24.1 Å². The fourth-order valence-corrected chi connectivity index (χ4v) is 4.88. The maximum atomic E-state index is 12.4. The maximum absolute atomic E-state index is 12.4. The molecule has 0 bridgehead atoms. The van der Waals surface area contributed by atoms with Gasteiger partial charge >= 0.3 is 0 Å². The number of carbonyl (C=O) groups excluding carboxylic acids is 1. The number of amides is 1. The van der Waals surface area contributed by atoms with E-state index in [9.17, 15) is 4.79 Å². The second-order valence-corrected chi connectivity index (χ2v) is 9.01. The Bertz CT molecular complexity index is 959. The van der Waals surface area contributed by atoms with Gasteiger partial charge in [0, 0.05) is 32.0 Å². The molecule has 1 amide bonds. The molecule has 1 atom stereocenters. The van der Waals surface area contributed by atoms with Gasteiger partial charge in [-0.15, -0.1) is 11.3 Å². The van der Waals surface area contributed by atoms with E-state index in [1.807, 2.05) is 13.8 Å². The van der Waals surface area contributed by atoms with Crippen LogP contribution in [0.4, 0.5) is 0 Å². The van der Waals surface area contributed by atoms with Crippen molar-refractivity contribution >= 4 is 44.1 Å². The van der Waals surface area contributed by atoms with Crippen LogP contribution in [-0.4, -0.2) is 21.9 Å². The van der Waals surface area contributed by atoms with Crippen LogP contribution in [0.2, 0.25) is 0 Å². The van der Waals surface area contributed by atoms with Crippen LogP contribution < -0.4 is 5.32 Å². The van der Waals surface area contributed by atoms with Gasteiger partial charge < -0.3 is 10.3 Å². The molecule has 6 heteroatoms. The zero-order valence-electron chi connectivity index (χ0n) is 14.3. The normalized spacial score (nSPS) is 16.8. The first-order valence-corrected chi connectivity index (χ1v) is 10.1. The number of aromatic amines is 1. The number of aromatic nitrogens is 2. The number of carbonyl (C=O) groups is 1. The Hall–Kier alpha value is -1.66. The summed E-state index contributed by atoms with van der Waals surface area (Å²) in [7, 11) is 0. The van der Waals surface area contributed by atoms with E-state index in [0.717, 1.165) is 39.3 Å². The van der Waals surface area contributed by atoms with Crippen molar-refractivity contribution in [2.24, 2.45) is 0 Å². The summed E-state index contributed by atoms with van der Waals surface area (Å²) in [6.45, 7) is 4.01. The molecule has 0 aliphatic heterocycles. The Morgan fingerprint density at radius 1 is 1.44 bits per heavy atom. The average Bonchev–Trinajstić information content (AvgIpc) is 3.06. The lowest BCUT2D eigenvalue weighted by Gasteiger charge is -2.23. The molecule has 2 heterocycles. The van der Waals surface area contributed by atoms with Crippen LogP contribution >= 0.6 is 27.3 Å². The topological polar surface area (TPSA) is 57.8 Å². The first-order valence-electron chi connectivity index (χ1n) is 8.51. The zero-order valence-corrected chi connectivity index (χ0v) is 16.7. The molecular formula is C19H20BrN3OS. The minimum atomic E-state index is 0.0721. The minimum Gasteiger partial charge on any atom is -0.358 e. The predicted molar refractivity (Wildman–Crippen MR) is 105 cm³/mol. The highest BCUT2D eigenvalue weighted by Crippen LogP contribution is 2.31. The minimum absolute atomic E-state index is 0.0721. The van der Waals surface area contributed by atoms with Gasteiger partial charge in [0.15, 0.2) is 0 Å². The van der Waals surface area contributed by atoms with Crippen LogP contribution in [0.5, 0.6) is 0 Å². The lowest BCUT2D eigenvalue weighted by Crippen LogP contribution is -2.39. The summed E-state index contributed by atoms with van der Waals surface area (Å²) in [5.41, 5.74) is 4.74. The fourth-order valence-electron chi connectivity index (χ4n) is 3.68. The molecule has 0 radical (unpaired) electrons. The van der Waals surface area contributed by atoms with E-state index in [-0.39, 0.29) is 11.9 Å². The number of nitrogens with one attached hydrogen (secondary N) is 2. The van der Waals surface area contributed by atoms with Crippen molar-refractivity contribution < 1.29 is 4.79 Å². The summed E-state index contributed by atoms with van der Waals surface area (Å²) < 4.78 is 1.09. The van der Waals surface area contributed by atoms with Gasteiger partial charge in [0.2, 0.25) is 5.91 Å². The van der Waals surface area contributed by atoms with Crippen molar-refractivity contribution in [2.45, 2.75) is 45.6 Å². The lowest BCUT2D eigenvalue weighted by atomic mass is 9.91. The molecule has 1 unspecified atom stereocenters. The van der Waals surface area contributed by atoms with Gasteiger partial charge in [-0.25, -0.2) is 4.98 Å². The van der Waals surface area contributed by atoms with E-state index in [0.29, 0.717) is 6.42 Å². The zero-order chi connectivity index (χ0) is 17.6. The Morgan fingerprint density at radius 2 is 2.28 bits per heavy atom. The van der Waals surface area contributed by atoms with Crippen LogP contribution in [0.3, 0.4) is 0 Å². The lowest BCUT2D eigenvalue weighted by molar-refractivity contribution is -0.121. The third-order valence-electron chi connectivity index (χ3n) is 4.84. The van der Waals surface area contributed by atoms with Crippen molar-refractivity contribution in [3.63, 3.8) is 0 Å². The Balaban J connectivity index is 1.48. The number of H-pyrrole nitrogens is 1. The molecule has 2 N–H and O–H groups in total. The second kappa shape index (κ2) is 6.57. The molecule has 2 aromatic heterocycles. The van der Waals surface area contributed by atoms with Gasteiger partial charge in [0.25, 0.3) is 0 Å². The summed E-state index contributed by atoms with van der Waals surface area (Å²) in [4.78, 5) is 21.6. The van der Waals surface area contributed by atoms with Crippen LogP contribution in [0.25, 0.3) is 10.9 Å².